The Kier molecular flexibility index (Phi) is 4.01. The van der Waals surface area contributed by atoms with E-state index >= 15 is 0 Å². The van der Waals surface area contributed by atoms with Crippen molar-refractivity contribution in [1.82, 2.24) is 9.97 Å². The molecule has 0 bridgehead atoms. The minimum Gasteiger partial charge on any atom is -0.459 e. The van der Waals surface area contributed by atoms with E-state index < -0.39 is 17.6 Å². The van der Waals surface area contributed by atoms with Crippen LogP contribution in [0.2, 0.25) is 0 Å². The summed E-state index contributed by atoms with van der Waals surface area (Å²) >= 11 is 0. The first-order valence-corrected chi connectivity index (χ1v) is 5.29. The van der Waals surface area contributed by atoms with Crippen molar-refractivity contribution in [2.24, 2.45) is 5.73 Å². The Morgan fingerprint density at radius 3 is 2.76 bits per heavy atom. The number of nitrogens with zero attached hydrogens (tertiary/aromatic N) is 1. The number of aromatic nitrogens is 2. The highest BCUT2D eigenvalue weighted by Crippen LogP contribution is 2.08. The molecule has 6 nitrogen and oxygen atoms in total. The average Bonchev–Trinajstić information content (AvgIpc) is 2.18. The van der Waals surface area contributed by atoms with E-state index in [0.29, 0.717) is 5.56 Å². The molecule has 0 aliphatic carbocycles. The van der Waals surface area contributed by atoms with Crippen LogP contribution >= 0.6 is 0 Å². The second kappa shape index (κ2) is 5.09. The Morgan fingerprint density at radius 1 is 1.59 bits per heavy atom. The molecule has 0 saturated heterocycles. The van der Waals surface area contributed by atoms with Crippen LogP contribution in [0.15, 0.2) is 17.3 Å². The number of rotatable bonds is 3. The fourth-order valence-electron chi connectivity index (χ4n) is 1.22. The lowest BCUT2D eigenvalue weighted by molar-refractivity contribution is -0.156. The van der Waals surface area contributed by atoms with Gasteiger partial charge >= 0.3 is 5.97 Å². The predicted octanol–water partition coefficient (Wildman–Crippen LogP) is -0.0186. The number of ether oxygens (including phenoxy) is 1. The van der Waals surface area contributed by atoms with Crippen LogP contribution in [-0.4, -0.2) is 27.6 Å². The van der Waals surface area contributed by atoms with E-state index in [-0.39, 0.29) is 12.0 Å². The van der Waals surface area contributed by atoms with E-state index in [9.17, 15) is 9.59 Å². The number of hydrogen-bond donors (Lipinski definition) is 2. The molecule has 0 aromatic carbocycles. The molecule has 1 atom stereocenters. The van der Waals surface area contributed by atoms with Crippen LogP contribution in [0.4, 0.5) is 0 Å². The monoisotopic (exact) mass is 239 g/mol. The van der Waals surface area contributed by atoms with Gasteiger partial charge in [0.2, 0.25) is 0 Å². The maximum atomic E-state index is 11.6. The summed E-state index contributed by atoms with van der Waals surface area (Å²) in [5.74, 6) is -0.527. The third-order valence-electron chi connectivity index (χ3n) is 1.94. The molecule has 0 aliphatic rings. The molecule has 17 heavy (non-hydrogen) atoms. The fourth-order valence-corrected chi connectivity index (χ4v) is 1.22. The van der Waals surface area contributed by atoms with Crippen molar-refractivity contribution in [2.45, 2.75) is 38.8 Å². The second-order valence-electron chi connectivity index (χ2n) is 4.75. The zero-order chi connectivity index (χ0) is 13.1. The molecule has 0 aliphatic heterocycles. The molecule has 1 rings (SSSR count). The van der Waals surface area contributed by atoms with Crippen molar-refractivity contribution in [1.29, 1.82) is 0 Å². The molecule has 1 heterocycles. The van der Waals surface area contributed by atoms with Gasteiger partial charge in [-0.25, -0.2) is 4.98 Å². The molecule has 0 saturated carbocycles. The van der Waals surface area contributed by atoms with E-state index in [2.05, 4.69) is 9.97 Å². The standard InChI is InChI=1S/C11H17N3O3/c1-11(2,3)17-10(16)8(12)4-7-5-13-6-14-9(7)15/h5-6,8H,4,12H2,1-3H3,(H,13,14,15). The van der Waals surface area contributed by atoms with Gasteiger partial charge in [0, 0.05) is 18.2 Å². The van der Waals surface area contributed by atoms with Gasteiger partial charge in [-0.15, -0.1) is 0 Å². The number of aromatic amines is 1. The lowest BCUT2D eigenvalue weighted by Crippen LogP contribution is -2.39. The predicted molar refractivity (Wildman–Crippen MR) is 62.4 cm³/mol. The van der Waals surface area contributed by atoms with Gasteiger partial charge in [0.15, 0.2) is 0 Å². The van der Waals surface area contributed by atoms with Crippen molar-refractivity contribution in [3.8, 4) is 0 Å². The molecular formula is C11H17N3O3. The lowest BCUT2D eigenvalue weighted by Gasteiger charge is -2.21. The van der Waals surface area contributed by atoms with Crippen LogP contribution in [0, 0.1) is 0 Å². The van der Waals surface area contributed by atoms with E-state index in [1.165, 1.54) is 12.5 Å². The minimum absolute atomic E-state index is 0.109. The van der Waals surface area contributed by atoms with Gasteiger partial charge in [-0.1, -0.05) is 0 Å². The van der Waals surface area contributed by atoms with E-state index in [1.54, 1.807) is 20.8 Å². The molecule has 0 amide bonds. The van der Waals surface area contributed by atoms with Crippen LogP contribution < -0.4 is 11.3 Å². The Hall–Kier alpha value is -1.69. The van der Waals surface area contributed by atoms with Gasteiger partial charge in [-0.3, -0.25) is 9.59 Å². The van der Waals surface area contributed by atoms with Crippen molar-refractivity contribution >= 4 is 5.97 Å². The third-order valence-corrected chi connectivity index (χ3v) is 1.94. The summed E-state index contributed by atoms with van der Waals surface area (Å²) in [5.41, 5.74) is 5.16. The number of carbonyl (C=O) groups is 1. The number of nitrogens with one attached hydrogen (secondary N) is 1. The normalized spacial score (nSPS) is 13.2. The van der Waals surface area contributed by atoms with E-state index in [0.717, 1.165) is 0 Å². The zero-order valence-corrected chi connectivity index (χ0v) is 10.2. The van der Waals surface area contributed by atoms with Gasteiger partial charge in [-0.05, 0) is 20.8 Å². The minimum atomic E-state index is -0.862. The molecule has 1 unspecified atom stereocenters. The summed E-state index contributed by atoms with van der Waals surface area (Å²) in [6, 6.07) is -0.862. The number of hydrogen-bond acceptors (Lipinski definition) is 5. The smallest absolute Gasteiger partial charge is 0.323 e. The summed E-state index contributed by atoms with van der Waals surface area (Å²) < 4.78 is 5.11. The summed E-state index contributed by atoms with van der Waals surface area (Å²) in [5, 5.41) is 0. The van der Waals surface area contributed by atoms with Crippen LogP contribution in [0.1, 0.15) is 26.3 Å². The van der Waals surface area contributed by atoms with Gasteiger partial charge in [-0.2, -0.15) is 0 Å². The number of H-pyrrole nitrogens is 1. The van der Waals surface area contributed by atoms with Gasteiger partial charge in [0.1, 0.15) is 11.6 Å². The molecule has 1 aromatic rings. The van der Waals surface area contributed by atoms with Crippen molar-refractivity contribution in [2.75, 3.05) is 0 Å². The largest absolute Gasteiger partial charge is 0.459 e. The number of nitrogens with two attached hydrogens (primary N) is 1. The van der Waals surface area contributed by atoms with Crippen molar-refractivity contribution in [3.05, 3.63) is 28.4 Å². The highest BCUT2D eigenvalue weighted by molar-refractivity contribution is 5.76. The first-order chi connectivity index (χ1) is 7.79. The van der Waals surface area contributed by atoms with E-state index in [1.807, 2.05) is 0 Å². The summed E-state index contributed by atoms with van der Waals surface area (Å²) in [6.45, 7) is 5.28. The molecule has 0 radical (unpaired) electrons. The third kappa shape index (κ3) is 4.36. The van der Waals surface area contributed by atoms with Gasteiger partial charge in [0.05, 0.1) is 6.33 Å². The Balaban J connectivity index is 2.67. The molecule has 0 spiro atoms. The maximum Gasteiger partial charge on any atom is 0.323 e. The molecule has 6 heteroatoms. The Morgan fingerprint density at radius 2 is 2.24 bits per heavy atom. The SMILES string of the molecule is CC(C)(C)OC(=O)C(N)Cc1cnc[nH]c1=O. The van der Waals surface area contributed by atoms with E-state index in [4.69, 9.17) is 10.5 Å². The quantitative estimate of drug-likeness (QED) is 0.722. The average molecular weight is 239 g/mol. The first-order valence-electron chi connectivity index (χ1n) is 5.29. The van der Waals surface area contributed by atoms with Crippen molar-refractivity contribution < 1.29 is 9.53 Å². The van der Waals surface area contributed by atoms with Crippen LogP contribution in [0.25, 0.3) is 0 Å². The van der Waals surface area contributed by atoms with Crippen molar-refractivity contribution in [3.63, 3.8) is 0 Å². The Labute approximate surface area is 99.2 Å². The van der Waals surface area contributed by atoms with Crippen LogP contribution in [0.5, 0.6) is 0 Å². The summed E-state index contributed by atoms with van der Waals surface area (Å²) in [7, 11) is 0. The number of esters is 1. The maximum absolute atomic E-state index is 11.6. The molecule has 0 fully saturated rings. The van der Waals surface area contributed by atoms with Crippen LogP contribution in [0.3, 0.4) is 0 Å². The topological polar surface area (TPSA) is 98.1 Å². The van der Waals surface area contributed by atoms with Gasteiger partial charge < -0.3 is 15.5 Å². The lowest BCUT2D eigenvalue weighted by atomic mass is 10.1. The Bertz CT molecular complexity index is 448. The second-order valence-corrected chi connectivity index (χ2v) is 4.75. The summed E-state index contributed by atoms with van der Waals surface area (Å²) in [6.07, 6.45) is 2.78. The van der Waals surface area contributed by atoms with Gasteiger partial charge in [0.25, 0.3) is 5.56 Å². The van der Waals surface area contributed by atoms with Crippen LogP contribution in [-0.2, 0) is 16.0 Å². The highest BCUT2D eigenvalue weighted by Gasteiger charge is 2.23. The molecule has 1 aromatic heterocycles. The fraction of sp³-hybridized carbons (Fsp3) is 0.545. The molecule has 94 valence electrons. The molecular weight excluding hydrogens is 222 g/mol. The number of carbonyl (C=O) groups excluding carboxylic acids is 1. The zero-order valence-electron chi connectivity index (χ0n) is 10.2. The highest BCUT2D eigenvalue weighted by atomic mass is 16.6. The first kappa shape index (κ1) is 13.4. The summed E-state index contributed by atoms with van der Waals surface area (Å²) in [4.78, 5) is 29.1. The molecule has 3 N–H and O–H groups in total.